The molecule has 2 aromatic heterocycles. The number of pyridine rings is 1. The topological polar surface area (TPSA) is 52.0 Å². The molecule has 0 aliphatic rings. The van der Waals surface area contributed by atoms with Crippen LogP contribution in [0.25, 0.3) is 10.9 Å². The summed E-state index contributed by atoms with van der Waals surface area (Å²) in [6.07, 6.45) is 2.05. The number of ether oxygens (including phenoxy) is 1. The SMILES string of the molecule is Cc1cc2nn(C)cc2c(OC(C)C(C)CNC(C)C)n1. The van der Waals surface area contributed by atoms with E-state index in [1.54, 1.807) is 4.68 Å². The van der Waals surface area contributed by atoms with Crippen molar-refractivity contribution < 1.29 is 4.74 Å². The number of hydrogen-bond donors (Lipinski definition) is 1. The van der Waals surface area contributed by atoms with Gasteiger partial charge in [0.05, 0.1) is 10.9 Å². The highest BCUT2D eigenvalue weighted by atomic mass is 16.5. The van der Waals surface area contributed by atoms with E-state index in [9.17, 15) is 0 Å². The molecule has 2 unspecified atom stereocenters. The van der Waals surface area contributed by atoms with E-state index in [2.05, 4.69) is 43.1 Å². The summed E-state index contributed by atoms with van der Waals surface area (Å²) in [5, 5.41) is 8.85. The summed E-state index contributed by atoms with van der Waals surface area (Å²) in [7, 11) is 1.91. The van der Waals surface area contributed by atoms with Crippen LogP contribution in [0.3, 0.4) is 0 Å². The number of nitrogens with zero attached hydrogens (tertiary/aromatic N) is 3. The maximum absolute atomic E-state index is 6.11. The van der Waals surface area contributed by atoms with Crippen molar-refractivity contribution in [1.82, 2.24) is 20.1 Å². The molecule has 2 aromatic rings. The summed E-state index contributed by atoms with van der Waals surface area (Å²) in [6, 6.07) is 2.47. The van der Waals surface area contributed by atoms with Gasteiger partial charge in [0.1, 0.15) is 6.10 Å². The fourth-order valence-corrected chi connectivity index (χ4v) is 2.20. The average molecular weight is 290 g/mol. The number of aryl methyl sites for hydroxylation is 2. The third-order valence-corrected chi connectivity index (χ3v) is 3.66. The molecule has 0 fully saturated rings. The Morgan fingerprint density at radius 2 is 2.00 bits per heavy atom. The van der Waals surface area contributed by atoms with Crippen LogP contribution in [0.15, 0.2) is 12.3 Å². The number of rotatable bonds is 6. The molecular weight excluding hydrogens is 264 g/mol. The highest BCUT2D eigenvalue weighted by Gasteiger charge is 2.17. The van der Waals surface area contributed by atoms with Gasteiger partial charge in [-0.15, -0.1) is 0 Å². The van der Waals surface area contributed by atoms with Gasteiger partial charge in [0.2, 0.25) is 5.88 Å². The lowest BCUT2D eigenvalue weighted by molar-refractivity contribution is 0.153. The zero-order valence-electron chi connectivity index (χ0n) is 13.8. The van der Waals surface area contributed by atoms with E-state index in [-0.39, 0.29) is 6.10 Å². The summed E-state index contributed by atoms with van der Waals surface area (Å²) in [5.74, 6) is 1.09. The summed E-state index contributed by atoms with van der Waals surface area (Å²) < 4.78 is 7.91. The van der Waals surface area contributed by atoms with Crippen molar-refractivity contribution in [3.05, 3.63) is 18.0 Å². The second kappa shape index (κ2) is 6.43. The van der Waals surface area contributed by atoms with Gasteiger partial charge in [0, 0.05) is 37.4 Å². The van der Waals surface area contributed by atoms with Gasteiger partial charge in [0.15, 0.2) is 0 Å². The minimum absolute atomic E-state index is 0.0916. The van der Waals surface area contributed by atoms with E-state index in [0.717, 1.165) is 23.1 Å². The van der Waals surface area contributed by atoms with E-state index in [1.165, 1.54) is 0 Å². The molecule has 21 heavy (non-hydrogen) atoms. The molecule has 116 valence electrons. The predicted molar refractivity (Wildman–Crippen MR) is 85.6 cm³/mol. The maximum Gasteiger partial charge on any atom is 0.225 e. The molecule has 2 rings (SSSR count). The van der Waals surface area contributed by atoms with Crippen LogP contribution in [0.5, 0.6) is 5.88 Å². The molecule has 0 spiro atoms. The quantitative estimate of drug-likeness (QED) is 0.888. The molecule has 0 aliphatic heterocycles. The van der Waals surface area contributed by atoms with E-state index in [0.29, 0.717) is 17.8 Å². The Kier molecular flexibility index (Phi) is 4.83. The number of aromatic nitrogens is 3. The van der Waals surface area contributed by atoms with Crippen LogP contribution >= 0.6 is 0 Å². The normalized spacial score (nSPS) is 14.6. The van der Waals surface area contributed by atoms with Gasteiger partial charge in [-0.25, -0.2) is 4.98 Å². The largest absolute Gasteiger partial charge is 0.474 e. The molecule has 2 atom stereocenters. The molecule has 0 amide bonds. The Labute approximate surface area is 126 Å². The van der Waals surface area contributed by atoms with Gasteiger partial charge in [-0.3, -0.25) is 4.68 Å². The fourth-order valence-electron chi connectivity index (χ4n) is 2.20. The molecule has 0 radical (unpaired) electrons. The third kappa shape index (κ3) is 3.94. The lowest BCUT2D eigenvalue weighted by Crippen LogP contribution is -2.34. The number of fused-ring (bicyclic) bond motifs is 1. The molecule has 5 heteroatoms. The molecule has 0 bridgehead atoms. The maximum atomic E-state index is 6.11. The van der Waals surface area contributed by atoms with Crippen LogP contribution in [-0.2, 0) is 7.05 Å². The monoisotopic (exact) mass is 290 g/mol. The first-order valence-electron chi connectivity index (χ1n) is 7.58. The second-order valence-corrected chi connectivity index (χ2v) is 6.17. The summed E-state index contributed by atoms with van der Waals surface area (Å²) in [6.45, 7) is 11.5. The predicted octanol–water partition coefficient (Wildman–Crippen LogP) is 2.68. The Morgan fingerprint density at radius 1 is 1.29 bits per heavy atom. The minimum atomic E-state index is 0.0916. The van der Waals surface area contributed by atoms with E-state index in [1.807, 2.05) is 26.2 Å². The third-order valence-electron chi connectivity index (χ3n) is 3.66. The van der Waals surface area contributed by atoms with Gasteiger partial charge in [0.25, 0.3) is 0 Å². The summed E-state index contributed by atoms with van der Waals surface area (Å²) in [5.41, 5.74) is 1.86. The van der Waals surface area contributed by atoms with Crippen molar-refractivity contribution in [1.29, 1.82) is 0 Å². The van der Waals surface area contributed by atoms with E-state index < -0.39 is 0 Å². The van der Waals surface area contributed by atoms with Crippen molar-refractivity contribution in [3.63, 3.8) is 0 Å². The van der Waals surface area contributed by atoms with Gasteiger partial charge >= 0.3 is 0 Å². The van der Waals surface area contributed by atoms with Gasteiger partial charge < -0.3 is 10.1 Å². The molecule has 5 nitrogen and oxygen atoms in total. The Morgan fingerprint density at radius 3 is 2.67 bits per heavy atom. The van der Waals surface area contributed by atoms with Gasteiger partial charge in [-0.2, -0.15) is 5.10 Å². The fraction of sp³-hybridized carbons (Fsp3) is 0.625. The van der Waals surface area contributed by atoms with E-state index >= 15 is 0 Å². The Hall–Kier alpha value is -1.62. The zero-order valence-corrected chi connectivity index (χ0v) is 13.8. The van der Waals surface area contributed by atoms with Crippen molar-refractivity contribution in [2.75, 3.05) is 6.54 Å². The van der Waals surface area contributed by atoms with Crippen LogP contribution in [0.4, 0.5) is 0 Å². The van der Waals surface area contributed by atoms with Crippen LogP contribution in [0, 0.1) is 12.8 Å². The number of nitrogens with one attached hydrogen (secondary N) is 1. The lowest BCUT2D eigenvalue weighted by atomic mass is 10.1. The first-order valence-corrected chi connectivity index (χ1v) is 7.58. The molecule has 0 aliphatic carbocycles. The first kappa shape index (κ1) is 15.8. The molecule has 2 heterocycles. The van der Waals surface area contributed by atoms with Gasteiger partial charge in [-0.05, 0) is 19.9 Å². The highest BCUT2D eigenvalue weighted by molar-refractivity contribution is 5.83. The molecule has 0 saturated carbocycles. The Bertz CT molecular complexity index is 606. The molecule has 1 N–H and O–H groups in total. The standard InChI is InChI=1S/C16H26N4O/c1-10(2)17-8-11(3)13(5)21-16-14-9-20(6)19-15(14)7-12(4)18-16/h7,9-11,13,17H,8H2,1-6H3. The summed E-state index contributed by atoms with van der Waals surface area (Å²) >= 11 is 0. The minimum Gasteiger partial charge on any atom is -0.474 e. The zero-order chi connectivity index (χ0) is 15.6. The highest BCUT2D eigenvalue weighted by Crippen LogP contribution is 2.25. The van der Waals surface area contributed by atoms with Crippen molar-refractivity contribution in [2.24, 2.45) is 13.0 Å². The average Bonchev–Trinajstić information content (AvgIpc) is 2.76. The van der Waals surface area contributed by atoms with Crippen LogP contribution in [0.1, 0.15) is 33.4 Å². The Balaban J connectivity index is 2.15. The van der Waals surface area contributed by atoms with Crippen LogP contribution in [0.2, 0.25) is 0 Å². The second-order valence-electron chi connectivity index (χ2n) is 6.17. The van der Waals surface area contributed by atoms with Crippen molar-refractivity contribution in [2.45, 2.75) is 46.8 Å². The van der Waals surface area contributed by atoms with Gasteiger partial charge in [-0.1, -0.05) is 20.8 Å². The molecule has 0 saturated heterocycles. The smallest absolute Gasteiger partial charge is 0.225 e. The number of hydrogen-bond acceptors (Lipinski definition) is 4. The molecular formula is C16H26N4O. The first-order chi connectivity index (χ1) is 9.86. The molecule has 0 aromatic carbocycles. The van der Waals surface area contributed by atoms with Crippen molar-refractivity contribution >= 4 is 10.9 Å². The van der Waals surface area contributed by atoms with Crippen LogP contribution in [-0.4, -0.2) is 33.5 Å². The van der Waals surface area contributed by atoms with Crippen molar-refractivity contribution in [3.8, 4) is 5.88 Å². The lowest BCUT2D eigenvalue weighted by Gasteiger charge is -2.22. The summed E-state index contributed by atoms with van der Waals surface area (Å²) in [4.78, 5) is 4.54. The van der Waals surface area contributed by atoms with E-state index in [4.69, 9.17) is 4.74 Å². The van der Waals surface area contributed by atoms with Crippen LogP contribution < -0.4 is 10.1 Å².